The van der Waals surface area contributed by atoms with Gasteiger partial charge in [-0.25, -0.2) is 0 Å². The Hall–Kier alpha value is -2.98. The molecule has 0 bridgehead atoms. The molecule has 10 heteroatoms. The van der Waals surface area contributed by atoms with Gasteiger partial charge >= 0.3 is 0 Å². The summed E-state index contributed by atoms with van der Waals surface area (Å²) in [6.07, 6.45) is 2.32. The molecule has 1 saturated carbocycles. The van der Waals surface area contributed by atoms with Crippen molar-refractivity contribution in [2.45, 2.75) is 36.7 Å². The van der Waals surface area contributed by atoms with E-state index in [2.05, 4.69) is 46.5 Å². The second-order valence-corrected chi connectivity index (χ2v) is 8.94. The fourth-order valence-corrected chi connectivity index (χ4v) is 4.70. The number of aromatic nitrogens is 6. The van der Waals surface area contributed by atoms with Gasteiger partial charge in [0.05, 0.1) is 10.6 Å². The summed E-state index contributed by atoms with van der Waals surface area (Å²) in [4.78, 5) is 14.2. The fraction of sp³-hybridized carbons (Fsp3) is 0.250. The van der Waals surface area contributed by atoms with Crippen LogP contribution < -0.4 is 11.1 Å². The molecule has 3 aromatic heterocycles. The van der Waals surface area contributed by atoms with E-state index >= 15 is 0 Å². The van der Waals surface area contributed by atoms with Crippen molar-refractivity contribution in [2.75, 3.05) is 11.1 Å². The van der Waals surface area contributed by atoms with E-state index in [4.69, 9.17) is 5.73 Å². The zero-order valence-corrected chi connectivity index (χ0v) is 18.0. The largest absolute Gasteiger partial charge is 0.368 e. The molecule has 0 radical (unpaired) electrons. The SMILES string of the molecule is Cc1ccccc1Nc1nc(N)nc(CSc2nnc(-c3cccs3)n2C2CC2)n1. The number of anilines is 3. The number of nitrogen functional groups attached to an aromatic ring is 1. The number of hydrogen-bond donors (Lipinski definition) is 2. The Bertz CT molecular complexity index is 1170. The second kappa shape index (κ2) is 8.04. The van der Waals surface area contributed by atoms with Gasteiger partial charge in [-0.15, -0.1) is 21.5 Å². The number of rotatable bonds is 7. The highest BCUT2D eigenvalue weighted by Gasteiger charge is 2.30. The third-order valence-electron chi connectivity index (χ3n) is 4.74. The van der Waals surface area contributed by atoms with Crippen LogP contribution in [0.15, 0.2) is 46.9 Å². The van der Waals surface area contributed by atoms with E-state index in [1.54, 1.807) is 23.1 Å². The van der Waals surface area contributed by atoms with Gasteiger partial charge in [0.15, 0.2) is 11.0 Å². The molecule has 8 nitrogen and oxygen atoms in total. The summed E-state index contributed by atoms with van der Waals surface area (Å²) >= 11 is 3.25. The van der Waals surface area contributed by atoms with E-state index in [1.807, 2.05) is 37.3 Å². The fourth-order valence-electron chi connectivity index (χ4n) is 3.13. The normalized spacial score (nSPS) is 13.5. The van der Waals surface area contributed by atoms with Crippen LogP contribution in [0.25, 0.3) is 10.7 Å². The molecular formula is C20H20N8S2. The first-order chi connectivity index (χ1) is 14.7. The van der Waals surface area contributed by atoms with Crippen LogP contribution in [0.2, 0.25) is 0 Å². The van der Waals surface area contributed by atoms with E-state index in [0.29, 0.717) is 23.6 Å². The Morgan fingerprint density at radius 1 is 1.13 bits per heavy atom. The summed E-state index contributed by atoms with van der Waals surface area (Å²) < 4.78 is 2.24. The predicted octanol–water partition coefficient (Wildman–Crippen LogP) is 4.45. The number of nitrogens with zero attached hydrogens (tertiary/aromatic N) is 6. The Labute approximate surface area is 182 Å². The van der Waals surface area contributed by atoms with Gasteiger partial charge in [-0.3, -0.25) is 4.57 Å². The topological polar surface area (TPSA) is 107 Å². The number of nitrogens with one attached hydrogen (secondary N) is 1. The van der Waals surface area contributed by atoms with Crippen molar-refractivity contribution >= 4 is 40.7 Å². The number of thiophene rings is 1. The third-order valence-corrected chi connectivity index (χ3v) is 6.54. The van der Waals surface area contributed by atoms with E-state index in [-0.39, 0.29) is 5.95 Å². The summed E-state index contributed by atoms with van der Waals surface area (Å²) in [5, 5.41) is 15.1. The lowest BCUT2D eigenvalue weighted by molar-refractivity contribution is 0.669. The predicted molar refractivity (Wildman–Crippen MR) is 120 cm³/mol. The number of hydrogen-bond acceptors (Lipinski definition) is 9. The number of benzene rings is 1. The zero-order chi connectivity index (χ0) is 20.5. The van der Waals surface area contributed by atoms with Gasteiger partial charge in [0.25, 0.3) is 0 Å². The standard InChI is InChI=1S/C20H20N8S2/c1-12-5-2-3-6-14(12)22-19-24-16(23-18(21)25-19)11-30-20-27-26-17(15-7-4-10-29-15)28(20)13-8-9-13/h2-7,10,13H,8-9,11H2,1H3,(H3,21,22,23,24,25). The van der Waals surface area contributed by atoms with Gasteiger partial charge in [-0.05, 0) is 42.8 Å². The molecule has 0 aliphatic heterocycles. The minimum atomic E-state index is 0.194. The molecule has 0 atom stereocenters. The van der Waals surface area contributed by atoms with E-state index < -0.39 is 0 Å². The number of para-hydroxylation sites is 1. The summed E-state index contributed by atoms with van der Waals surface area (Å²) in [5.74, 6) is 2.71. The molecule has 3 N–H and O–H groups in total. The highest BCUT2D eigenvalue weighted by Crippen LogP contribution is 2.42. The molecule has 1 aromatic carbocycles. The summed E-state index contributed by atoms with van der Waals surface area (Å²) in [5.41, 5.74) is 7.98. The first-order valence-corrected chi connectivity index (χ1v) is 11.5. The minimum absolute atomic E-state index is 0.194. The molecule has 1 aliphatic rings. The van der Waals surface area contributed by atoms with Crippen molar-refractivity contribution in [1.29, 1.82) is 0 Å². The number of nitrogens with two attached hydrogens (primary N) is 1. The van der Waals surface area contributed by atoms with Crippen molar-refractivity contribution in [2.24, 2.45) is 0 Å². The molecule has 4 aromatic rings. The molecule has 0 spiro atoms. The van der Waals surface area contributed by atoms with E-state index in [0.717, 1.165) is 40.0 Å². The molecule has 0 unspecified atom stereocenters. The monoisotopic (exact) mass is 436 g/mol. The maximum Gasteiger partial charge on any atom is 0.232 e. The lowest BCUT2D eigenvalue weighted by atomic mass is 10.2. The number of aryl methyl sites for hydroxylation is 1. The van der Waals surface area contributed by atoms with E-state index in [1.165, 1.54) is 0 Å². The van der Waals surface area contributed by atoms with Crippen LogP contribution in [0.3, 0.4) is 0 Å². The lowest BCUT2D eigenvalue weighted by Gasteiger charge is -2.10. The van der Waals surface area contributed by atoms with Crippen LogP contribution in [-0.2, 0) is 5.75 Å². The molecular weight excluding hydrogens is 416 g/mol. The smallest absolute Gasteiger partial charge is 0.232 e. The summed E-state index contributed by atoms with van der Waals surface area (Å²) in [7, 11) is 0. The molecule has 5 rings (SSSR count). The van der Waals surface area contributed by atoms with Crippen LogP contribution >= 0.6 is 23.1 Å². The highest BCUT2D eigenvalue weighted by molar-refractivity contribution is 7.98. The first kappa shape index (κ1) is 19.0. The van der Waals surface area contributed by atoms with Crippen LogP contribution in [0.1, 0.15) is 30.3 Å². The highest BCUT2D eigenvalue weighted by atomic mass is 32.2. The van der Waals surface area contributed by atoms with Gasteiger partial charge in [-0.2, -0.15) is 15.0 Å². The van der Waals surface area contributed by atoms with Crippen LogP contribution in [0.4, 0.5) is 17.6 Å². The van der Waals surface area contributed by atoms with Crippen LogP contribution in [-0.4, -0.2) is 29.7 Å². The molecule has 3 heterocycles. The Kier molecular flexibility index (Phi) is 5.09. The summed E-state index contributed by atoms with van der Waals surface area (Å²) in [6.45, 7) is 2.03. The Morgan fingerprint density at radius 3 is 2.77 bits per heavy atom. The molecule has 1 fully saturated rings. The van der Waals surface area contributed by atoms with Crippen molar-refractivity contribution in [3.63, 3.8) is 0 Å². The third kappa shape index (κ3) is 4.01. The van der Waals surface area contributed by atoms with Gasteiger partial charge in [0.2, 0.25) is 11.9 Å². The Morgan fingerprint density at radius 2 is 2.00 bits per heavy atom. The van der Waals surface area contributed by atoms with Gasteiger partial charge in [0, 0.05) is 11.7 Å². The van der Waals surface area contributed by atoms with Crippen LogP contribution in [0.5, 0.6) is 0 Å². The van der Waals surface area contributed by atoms with Gasteiger partial charge in [0.1, 0.15) is 5.82 Å². The maximum atomic E-state index is 5.93. The van der Waals surface area contributed by atoms with Crippen molar-refractivity contribution in [3.8, 4) is 10.7 Å². The average Bonchev–Trinajstić information content (AvgIpc) is 3.24. The molecule has 1 aliphatic carbocycles. The lowest BCUT2D eigenvalue weighted by Crippen LogP contribution is -2.07. The molecule has 30 heavy (non-hydrogen) atoms. The second-order valence-electron chi connectivity index (χ2n) is 7.05. The molecule has 0 amide bonds. The van der Waals surface area contributed by atoms with Crippen molar-refractivity contribution in [1.82, 2.24) is 29.7 Å². The average molecular weight is 437 g/mol. The molecule has 152 valence electrons. The first-order valence-electron chi connectivity index (χ1n) is 9.62. The van der Waals surface area contributed by atoms with Gasteiger partial charge in [-0.1, -0.05) is 36.0 Å². The number of thioether (sulfide) groups is 1. The van der Waals surface area contributed by atoms with Crippen molar-refractivity contribution in [3.05, 3.63) is 53.2 Å². The van der Waals surface area contributed by atoms with Gasteiger partial charge < -0.3 is 11.1 Å². The minimum Gasteiger partial charge on any atom is -0.368 e. The quantitative estimate of drug-likeness (QED) is 0.409. The Balaban J connectivity index is 1.36. The maximum absolute atomic E-state index is 5.93. The zero-order valence-electron chi connectivity index (χ0n) is 16.3. The van der Waals surface area contributed by atoms with Crippen molar-refractivity contribution < 1.29 is 0 Å². The summed E-state index contributed by atoms with van der Waals surface area (Å²) in [6, 6.07) is 12.6. The van der Waals surface area contributed by atoms with E-state index in [9.17, 15) is 0 Å². The van der Waals surface area contributed by atoms with Crippen LogP contribution in [0, 0.1) is 6.92 Å². The molecule has 0 saturated heterocycles.